The summed E-state index contributed by atoms with van der Waals surface area (Å²) >= 11 is 1.68. The fourth-order valence-corrected chi connectivity index (χ4v) is 4.49. The van der Waals surface area contributed by atoms with Crippen LogP contribution in [-0.4, -0.2) is 33.8 Å². The lowest BCUT2D eigenvalue weighted by atomic mass is 9.91. The van der Waals surface area contributed by atoms with Gasteiger partial charge in [0.25, 0.3) is 0 Å². The fourth-order valence-electron chi connectivity index (χ4n) is 3.77. The zero-order chi connectivity index (χ0) is 12.8. The molecule has 0 saturated carbocycles. The highest BCUT2D eigenvalue weighted by atomic mass is 32.1. The Morgan fingerprint density at radius 3 is 2.79 bits per heavy atom. The zero-order valence-corrected chi connectivity index (χ0v) is 11.5. The third-order valence-electron chi connectivity index (χ3n) is 4.57. The maximum atomic E-state index is 9.41. The lowest BCUT2D eigenvalue weighted by Crippen LogP contribution is -2.44. The lowest BCUT2D eigenvalue weighted by Gasteiger charge is -2.39. The molecule has 0 aromatic carbocycles. The van der Waals surface area contributed by atoms with Crippen LogP contribution < -0.4 is 4.90 Å². The lowest BCUT2D eigenvalue weighted by molar-refractivity contribution is 0.185. The van der Waals surface area contributed by atoms with Gasteiger partial charge in [0, 0.05) is 18.7 Å². The first-order valence-corrected chi connectivity index (χ1v) is 7.82. The van der Waals surface area contributed by atoms with Crippen LogP contribution in [0.5, 0.6) is 0 Å². The van der Waals surface area contributed by atoms with Crippen molar-refractivity contribution in [3.05, 3.63) is 17.8 Å². The van der Waals surface area contributed by atoms with Gasteiger partial charge in [-0.2, -0.15) is 0 Å². The van der Waals surface area contributed by atoms with Crippen LogP contribution in [0.15, 0.2) is 17.8 Å². The van der Waals surface area contributed by atoms with Crippen LogP contribution >= 0.6 is 11.3 Å². The molecule has 2 saturated heterocycles. The van der Waals surface area contributed by atoms with Crippen LogP contribution in [0, 0.1) is 5.92 Å². The van der Waals surface area contributed by atoms with Crippen LogP contribution in [0.4, 0.5) is 5.82 Å². The van der Waals surface area contributed by atoms with E-state index in [1.807, 2.05) is 0 Å². The Bertz CT molecular complexity index is 585. The second-order valence-corrected chi connectivity index (χ2v) is 6.54. The van der Waals surface area contributed by atoms with Crippen molar-refractivity contribution < 1.29 is 5.11 Å². The van der Waals surface area contributed by atoms with Gasteiger partial charge in [-0.25, -0.2) is 9.97 Å². The number of piperidine rings is 1. The molecular formula is C14H17N3OS. The van der Waals surface area contributed by atoms with E-state index in [1.54, 1.807) is 17.7 Å². The molecule has 4 rings (SSSR count). The quantitative estimate of drug-likeness (QED) is 0.914. The van der Waals surface area contributed by atoms with Crippen LogP contribution in [0.2, 0.25) is 0 Å². The van der Waals surface area contributed by atoms with Gasteiger partial charge in [0.2, 0.25) is 0 Å². The molecular weight excluding hydrogens is 258 g/mol. The van der Waals surface area contributed by atoms with Crippen molar-refractivity contribution in [3.63, 3.8) is 0 Å². The van der Waals surface area contributed by atoms with Gasteiger partial charge in [-0.3, -0.25) is 0 Å². The molecule has 2 aromatic rings. The van der Waals surface area contributed by atoms with Crippen molar-refractivity contribution >= 4 is 27.4 Å². The Labute approximate surface area is 116 Å². The zero-order valence-electron chi connectivity index (χ0n) is 10.7. The van der Waals surface area contributed by atoms with Crippen molar-refractivity contribution in [3.8, 4) is 0 Å². The molecule has 4 heterocycles. The summed E-state index contributed by atoms with van der Waals surface area (Å²) in [6.45, 7) is 0.332. The van der Waals surface area contributed by atoms with Gasteiger partial charge < -0.3 is 10.0 Å². The Hall–Kier alpha value is -1.20. The molecule has 100 valence electrons. The Balaban J connectivity index is 1.75. The monoisotopic (exact) mass is 275 g/mol. The van der Waals surface area contributed by atoms with Gasteiger partial charge in [-0.1, -0.05) is 0 Å². The van der Waals surface area contributed by atoms with Crippen molar-refractivity contribution in [2.24, 2.45) is 5.92 Å². The third-order valence-corrected chi connectivity index (χ3v) is 5.39. The first-order valence-electron chi connectivity index (χ1n) is 6.94. The summed E-state index contributed by atoms with van der Waals surface area (Å²) in [5.41, 5.74) is 0. The van der Waals surface area contributed by atoms with E-state index in [2.05, 4.69) is 26.3 Å². The molecule has 2 aromatic heterocycles. The standard InChI is InChI=1S/C14H17N3OS/c18-7-9-5-10-1-2-11(6-9)17(10)13-12-3-4-19-14(12)16-8-15-13/h3-4,8-11,18H,1-2,5-7H2/t9?,10-,11+. The molecule has 2 bridgehead atoms. The average molecular weight is 275 g/mol. The predicted molar refractivity (Wildman–Crippen MR) is 76.5 cm³/mol. The number of anilines is 1. The smallest absolute Gasteiger partial charge is 0.141 e. The van der Waals surface area contributed by atoms with Crippen molar-refractivity contribution in [1.82, 2.24) is 9.97 Å². The first-order chi connectivity index (χ1) is 9.36. The van der Waals surface area contributed by atoms with Crippen molar-refractivity contribution in [1.29, 1.82) is 0 Å². The maximum absolute atomic E-state index is 9.41. The summed E-state index contributed by atoms with van der Waals surface area (Å²) in [6.07, 6.45) is 6.35. The second-order valence-electron chi connectivity index (χ2n) is 5.65. The number of rotatable bonds is 2. The molecule has 0 radical (unpaired) electrons. The van der Waals surface area contributed by atoms with Crippen molar-refractivity contribution in [2.75, 3.05) is 11.5 Å². The molecule has 0 aliphatic carbocycles. The molecule has 19 heavy (non-hydrogen) atoms. The molecule has 0 spiro atoms. The minimum absolute atomic E-state index is 0.332. The average Bonchev–Trinajstić information content (AvgIpc) is 3.01. The fraction of sp³-hybridized carbons (Fsp3) is 0.571. The van der Waals surface area contributed by atoms with Gasteiger partial charge in [0.1, 0.15) is 17.0 Å². The van der Waals surface area contributed by atoms with Gasteiger partial charge in [-0.05, 0) is 43.0 Å². The number of hydrogen-bond acceptors (Lipinski definition) is 5. The van der Waals surface area contributed by atoms with Crippen LogP contribution in [0.25, 0.3) is 10.2 Å². The van der Waals surface area contributed by atoms with E-state index in [0.29, 0.717) is 24.6 Å². The predicted octanol–water partition coefficient (Wildman–Crippen LogP) is 2.43. The van der Waals surface area contributed by atoms with Gasteiger partial charge in [0.15, 0.2) is 0 Å². The molecule has 0 amide bonds. The van der Waals surface area contributed by atoms with Gasteiger partial charge in [-0.15, -0.1) is 11.3 Å². The molecule has 1 unspecified atom stereocenters. The maximum Gasteiger partial charge on any atom is 0.141 e. The summed E-state index contributed by atoms with van der Waals surface area (Å²) < 4.78 is 0. The van der Waals surface area contributed by atoms with E-state index >= 15 is 0 Å². The normalized spacial score (nSPS) is 30.2. The van der Waals surface area contributed by atoms with Crippen molar-refractivity contribution in [2.45, 2.75) is 37.8 Å². The van der Waals surface area contributed by atoms with E-state index in [1.165, 1.54) is 18.2 Å². The summed E-state index contributed by atoms with van der Waals surface area (Å²) in [5.74, 6) is 1.59. The minimum atomic E-state index is 0.332. The first kappa shape index (κ1) is 11.6. The SMILES string of the molecule is OCC1C[C@H]2CC[C@@H](C1)N2c1ncnc2sccc12. The van der Waals surface area contributed by atoms with Crippen LogP contribution in [-0.2, 0) is 0 Å². The number of aromatic nitrogens is 2. The van der Waals surface area contributed by atoms with E-state index in [4.69, 9.17) is 0 Å². The van der Waals surface area contributed by atoms with Crippen LogP contribution in [0.1, 0.15) is 25.7 Å². The summed E-state index contributed by atoms with van der Waals surface area (Å²) in [7, 11) is 0. The van der Waals surface area contributed by atoms with Crippen LogP contribution in [0.3, 0.4) is 0 Å². The number of thiophene rings is 1. The van der Waals surface area contributed by atoms with E-state index in [0.717, 1.165) is 23.5 Å². The number of nitrogens with zero attached hydrogens (tertiary/aromatic N) is 3. The highest BCUT2D eigenvalue weighted by Gasteiger charge is 2.41. The van der Waals surface area contributed by atoms with E-state index < -0.39 is 0 Å². The Morgan fingerprint density at radius 2 is 2.05 bits per heavy atom. The van der Waals surface area contributed by atoms with Gasteiger partial charge in [0.05, 0.1) is 5.39 Å². The molecule has 3 atom stereocenters. The molecule has 2 fully saturated rings. The molecule has 1 N–H and O–H groups in total. The number of aliphatic hydroxyl groups is 1. The topological polar surface area (TPSA) is 49.2 Å². The minimum Gasteiger partial charge on any atom is -0.396 e. The van der Waals surface area contributed by atoms with E-state index in [-0.39, 0.29) is 0 Å². The number of fused-ring (bicyclic) bond motifs is 3. The molecule has 4 nitrogen and oxygen atoms in total. The molecule has 2 aliphatic rings. The number of hydrogen-bond donors (Lipinski definition) is 1. The van der Waals surface area contributed by atoms with E-state index in [9.17, 15) is 5.11 Å². The Morgan fingerprint density at radius 1 is 1.26 bits per heavy atom. The highest BCUT2D eigenvalue weighted by molar-refractivity contribution is 7.16. The summed E-state index contributed by atoms with van der Waals surface area (Å²) in [4.78, 5) is 12.5. The second kappa shape index (κ2) is 4.42. The largest absolute Gasteiger partial charge is 0.396 e. The Kier molecular flexibility index (Phi) is 2.70. The van der Waals surface area contributed by atoms with Gasteiger partial charge >= 0.3 is 0 Å². The molecule has 5 heteroatoms. The molecule has 2 aliphatic heterocycles. The highest BCUT2D eigenvalue weighted by Crippen LogP contribution is 2.42. The third kappa shape index (κ3) is 1.75. The summed E-state index contributed by atoms with van der Waals surface area (Å²) in [5, 5.41) is 12.7. The summed E-state index contributed by atoms with van der Waals surface area (Å²) in [6, 6.07) is 3.23. The number of aliphatic hydroxyl groups excluding tert-OH is 1.